The fraction of sp³-hybridized carbons (Fsp3) is 0.143. The Morgan fingerprint density at radius 3 is 1.48 bits per heavy atom. The molecule has 0 nitrogen and oxygen atoms in total. The van der Waals surface area contributed by atoms with Crippen LogP contribution in [0.4, 0.5) is 0 Å². The fourth-order valence-corrected chi connectivity index (χ4v) is 2.14. The van der Waals surface area contributed by atoms with Gasteiger partial charge < -0.3 is 0 Å². The fourth-order valence-electron chi connectivity index (χ4n) is 2.14. The summed E-state index contributed by atoms with van der Waals surface area (Å²) >= 11 is -0.826. The molecule has 0 aliphatic heterocycles. The smallest absolute Gasteiger partial charge is 0.0809 e. The summed E-state index contributed by atoms with van der Waals surface area (Å²) in [6, 6.07) is 30.7. The summed E-state index contributed by atoms with van der Waals surface area (Å²) in [7, 11) is 11.0. The number of fused-ring (bicyclic) bond motifs is 2. The maximum atomic E-state index is 4.93. The van der Waals surface area contributed by atoms with Gasteiger partial charge in [-0.1, -0.05) is 31.6 Å². The van der Waals surface area contributed by atoms with Crippen LogP contribution < -0.4 is 0 Å². The van der Waals surface area contributed by atoms with E-state index in [-0.39, 0.29) is 0 Å². The molecule has 0 aromatic heterocycles. The van der Waals surface area contributed by atoms with Gasteiger partial charge in [-0.2, -0.15) is 35.0 Å². The Labute approximate surface area is 172 Å². The summed E-state index contributed by atoms with van der Waals surface area (Å²) in [6.07, 6.45) is 0. The second-order valence-corrected chi connectivity index (χ2v) is 10.2. The number of benzene rings is 2. The van der Waals surface area contributed by atoms with Crippen molar-refractivity contribution in [2.45, 2.75) is 19.5 Å². The van der Waals surface area contributed by atoms with Crippen LogP contribution in [0.15, 0.2) is 84.9 Å². The molecule has 0 fully saturated rings. The van der Waals surface area contributed by atoms with Crippen molar-refractivity contribution >= 4 is 48.1 Å². The van der Waals surface area contributed by atoms with Crippen molar-refractivity contribution in [3.8, 4) is 0 Å². The molecule has 0 bridgehead atoms. The second kappa shape index (κ2) is 14.5. The molecule has 0 N–H and O–H groups in total. The minimum atomic E-state index is -0.826. The number of rotatable bonds is 1. The molecule has 0 atom stereocenters. The van der Waals surface area contributed by atoms with E-state index in [1.807, 2.05) is 0 Å². The van der Waals surface area contributed by atoms with Crippen molar-refractivity contribution in [1.29, 1.82) is 0 Å². The molecule has 0 heterocycles. The van der Waals surface area contributed by atoms with Crippen LogP contribution in [0, 0.1) is 0 Å². The maximum Gasteiger partial charge on any atom is -0.0809 e. The Bertz CT molecular complexity index is 679. The van der Waals surface area contributed by atoms with Gasteiger partial charge in [0.1, 0.15) is 0 Å². The van der Waals surface area contributed by atoms with E-state index >= 15 is 0 Å². The molecule has 128 valence electrons. The largest absolute Gasteiger partial charge is 0.168 e. The topological polar surface area (TPSA) is 0 Å². The molecule has 0 unspecified atom stereocenters. The van der Waals surface area contributed by atoms with Gasteiger partial charge in [-0.15, -0.1) is 59.3 Å². The van der Waals surface area contributed by atoms with Gasteiger partial charge >= 0.3 is 37.9 Å². The zero-order chi connectivity index (χ0) is 18.3. The molecule has 2 radical (unpaired) electrons. The molecule has 0 amide bonds. The average Bonchev–Trinajstić information content (AvgIpc) is 3.32. The third-order valence-corrected chi connectivity index (χ3v) is 4.16. The minimum absolute atomic E-state index is 0.826. The normalized spacial score (nSPS) is 8.96. The predicted octanol–water partition coefficient (Wildman–Crippen LogP) is 7.67. The van der Waals surface area contributed by atoms with Crippen molar-refractivity contribution in [3.05, 3.63) is 84.9 Å². The van der Waals surface area contributed by atoms with Gasteiger partial charge in [-0.05, 0) is 0 Å². The monoisotopic (exact) mass is 462 g/mol. The van der Waals surface area contributed by atoms with E-state index in [0.717, 1.165) is 9.52 Å². The van der Waals surface area contributed by atoms with Crippen LogP contribution >= 0.6 is 17.0 Å². The average molecular weight is 465 g/mol. The van der Waals surface area contributed by atoms with Crippen molar-refractivity contribution < 1.29 is 20.8 Å². The summed E-state index contributed by atoms with van der Waals surface area (Å²) in [5.74, 6) is 0. The van der Waals surface area contributed by atoms with Gasteiger partial charge in [0.25, 0.3) is 0 Å². The molecule has 0 saturated heterocycles. The van der Waals surface area contributed by atoms with Crippen LogP contribution in [0.25, 0.3) is 21.5 Å². The van der Waals surface area contributed by atoms with E-state index in [0.29, 0.717) is 0 Å². The van der Waals surface area contributed by atoms with E-state index in [9.17, 15) is 0 Å². The Morgan fingerprint density at radius 1 is 0.800 bits per heavy atom. The third kappa shape index (κ3) is 9.01. The van der Waals surface area contributed by atoms with Gasteiger partial charge in [0, 0.05) is 9.52 Å². The maximum absolute atomic E-state index is 4.93. The van der Waals surface area contributed by atoms with Gasteiger partial charge in [-0.3, -0.25) is 0 Å². The van der Waals surface area contributed by atoms with Gasteiger partial charge in [0.15, 0.2) is 0 Å². The Balaban J connectivity index is 0.000000185. The van der Waals surface area contributed by atoms with Crippen molar-refractivity contribution in [3.63, 3.8) is 0 Å². The number of hydrogen-bond donors (Lipinski definition) is 0. The molecule has 0 aliphatic rings. The summed E-state index contributed by atoms with van der Waals surface area (Å²) < 4.78 is 0. The summed E-state index contributed by atoms with van der Waals surface area (Å²) in [4.78, 5) is 0. The molecule has 0 spiro atoms. The molecule has 4 aromatic rings. The van der Waals surface area contributed by atoms with Gasteiger partial charge in [0.2, 0.25) is 0 Å². The number of hydrogen-bond acceptors (Lipinski definition) is 0. The van der Waals surface area contributed by atoms with Crippen LogP contribution in [0.2, 0.25) is 12.6 Å². The summed E-state index contributed by atoms with van der Waals surface area (Å²) in [6.45, 7) is 4.40. The predicted molar refractivity (Wildman–Crippen MR) is 113 cm³/mol. The molecule has 0 aliphatic carbocycles. The van der Waals surface area contributed by atoms with Gasteiger partial charge in [-0.25, -0.2) is 0 Å². The zero-order valence-corrected chi connectivity index (χ0v) is 19.5. The minimum Gasteiger partial charge on any atom is -0.168 e. The third-order valence-electron chi connectivity index (χ3n) is 3.45. The first-order chi connectivity index (χ1) is 12.3. The van der Waals surface area contributed by atoms with Crippen LogP contribution in [-0.2, 0) is 20.8 Å². The first-order valence-electron chi connectivity index (χ1n) is 8.08. The second-order valence-electron chi connectivity index (χ2n) is 5.09. The SMILES string of the molecule is CC[Si]C.[Cl][Zr+2][Cl].c1ccc2[cH-]ccc2c1.c1ccc2[cH-]ccc2c1. The number of halogens is 2. The van der Waals surface area contributed by atoms with Crippen molar-refractivity contribution in [2.24, 2.45) is 0 Å². The van der Waals surface area contributed by atoms with Crippen LogP contribution in [0.1, 0.15) is 6.92 Å². The van der Waals surface area contributed by atoms with Gasteiger partial charge in [0.05, 0.1) is 0 Å². The Morgan fingerprint density at radius 2 is 1.16 bits per heavy atom. The molecular weight excluding hydrogens is 442 g/mol. The van der Waals surface area contributed by atoms with Crippen molar-refractivity contribution in [2.75, 3.05) is 0 Å². The van der Waals surface area contributed by atoms with E-state index < -0.39 is 20.8 Å². The Kier molecular flexibility index (Phi) is 13.0. The summed E-state index contributed by atoms with van der Waals surface area (Å²) in [5, 5.41) is 5.32. The van der Waals surface area contributed by atoms with Crippen molar-refractivity contribution in [1.82, 2.24) is 0 Å². The van der Waals surface area contributed by atoms with Crippen LogP contribution in [0.3, 0.4) is 0 Å². The molecule has 4 rings (SSSR count). The molecule has 25 heavy (non-hydrogen) atoms. The first-order valence-corrected chi connectivity index (χ1v) is 16.1. The quantitative estimate of drug-likeness (QED) is 0.200. The molecular formula is C21H22Cl2SiZr. The first kappa shape index (κ1) is 22.4. The molecule has 0 saturated carbocycles. The van der Waals surface area contributed by atoms with Crippen LogP contribution in [-0.4, -0.2) is 9.52 Å². The van der Waals surface area contributed by atoms with E-state index in [4.69, 9.17) is 17.0 Å². The zero-order valence-electron chi connectivity index (χ0n) is 14.5. The Hall–Kier alpha value is -0.660. The standard InChI is InChI=1S/2C9H7.C3H8Si.2ClH.Zr/c2*1-2-5-9-7-3-6-8(9)4-1;1-3-4-2;;;/h2*1-7H;3H2,1-2H3;2*1H;/q2*-1;;;;+4/p-2. The molecule has 4 heteroatoms. The molecule has 4 aromatic carbocycles. The van der Waals surface area contributed by atoms with E-state index in [1.54, 1.807) is 0 Å². The van der Waals surface area contributed by atoms with E-state index in [1.165, 1.54) is 27.6 Å². The van der Waals surface area contributed by atoms with Crippen LogP contribution in [0.5, 0.6) is 0 Å². The van der Waals surface area contributed by atoms with E-state index in [2.05, 4.69) is 98.4 Å². The summed E-state index contributed by atoms with van der Waals surface area (Å²) in [5.41, 5.74) is 0.